The lowest BCUT2D eigenvalue weighted by atomic mass is 9.79. The van der Waals surface area contributed by atoms with Gasteiger partial charge in [-0.25, -0.2) is 0 Å². The lowest BCUT2D eigenvalue weighted by molar-refractivity contribution is 0.0687. The molecule has 1 aliphatic heterocycles. The van der Waals surface area contributed by atoms with Crippen molar-refractivity contribution in [3.05, 3.63) is 0 Å². The summed E-state index contributed by atoms with van der Waals surface area (Å²) in [5, 5.41) is 9.66. The number of hydrogen-bond acceptors (Lipinski definition) is 3. The maximum atomic E-state index is 9.66. The summed E-state index contributed by atoms with van der Waals surface area (Å²) in [6.45, 7) is 3.42. The first-order valence-electron chi connectivity index (χ1n) is 8.35. The minimum atomic E-state index is 0.320. The van der Waals surface area contributed by atoms with E-state index in [1.165, 1.54) is 57.8 Å². The molecule has 112 valence electrons. The molecule has 0 aromatic carbocycles. The lowest BCUT2D eigenvalue weighted by Gasteiger charge is -2.39. The molecule has 3 N–H and O–H groups in total. The van der Waals surface area contributed by atoms with E-state index in [-0.39, 0.29) is 0 Å². The zero-order valence-electron chi connectivity index (χ0n) is 12.4. The largest absolute Gasteiger partial charge is 0.395 e. The third-order valence-corrected chi connectivity index (χ3v) is 5.35. The van der Waals surface area contributed by atoms with Crippen molar-refractivity contribution in [1.82, 2.24) is 4.90 Å². The maximum Gasteiger partial charge on any atom is 0.0586 e. The third kappa shape index (κ3) is 4.17. The molecule has 2 fully saturated rings. The predicted molar refractivity (Wildman–Crippen MR) is 80.1 cm³/mol. The molecule has 3 nitrogen and oxygen atoms in total. The number of aliphatic hydroxyl groups is 1. The second-order valence-electron chi connectivity index (χ2n) is 6.77. The van der Waals surface area contributed by atoms with Gasteiger partial charge >= 0.3 is 0 Å². The molecule has 1 heterocycles. The zero-order valence-corrected chi connectivity index (χ0v) is 12.4. The summed E-state index contributed by atoms with van der Waals surface area (Å²) in [7, 11) is 0. The molecule has 1 atom stereocenters. The number of rotatable bonds is 4. The quantitative estimate of drug-likeness (QED) is 0.770. The van der Waals surface area contributed by atoms with Crippen LogP contribution in [0.4, 0.5) is 0 Å². The minimum absolute atomic E-state index is 0.320. The van der Waals surface area contributed by atoms with Crippen LogP contribution in [0.3, 0.4) is 0 Å². The van der Waals surface area contributed by atoms with Crippen LogP contribution in [-0.2, 0) is 0 Å². The van der Waals surface area contributed by atoms with Crippen LogP contribution in [0.2, 0.25) is 0 Å². The molecule has 0 aromatic rings. The van der Waals surface area contributed by atoms with Gasteiger partial charge in [-0.3, -0.25) is 4.90 Å². The molecular weight excluding hydrogens is 236 g/mol. The van der Waals surface area contributed by atoms with Crippen LogP contribution in [0.25, 0.3) is 0 Å². The molecule has 0 radical (unpaired) electrons. The Morgan fingerprint density at radius 3 is 2.32 bits per heavy atom. The van der Waals surface area contributed by atoms with Crippen molar-refractivity contribution in [2.24, 2.45) is 11.1 Å². The summed E-state index contributed by atoms with van der Waals surface area (Å²) in [6, 6.07) is 0.383. The van der Waals surface area contributed by atoms with Crippen molar-refractivity contribution in [3.63, 3.8) is 0 Å². The summed E-state index contributed by atoms with van der Waals surface area (Å²) >= 11 is 0. The third-order valence-electron chi connectivity index (χ3n) is 5.35. The second-order valence-corrected chi connectivity index (χ2v) is 6.77. The van der Waals surface area contributed by atoms with E-state index in [1.54, 1.807) is 0 Å². The van der Waals surface area contributed by atoms with Crippen molar-refractivity contribution in [2.45, 2.75) is 70.3 Å². The summed E-state index contributed by atoms with van der Waals surface area (Å²) in [4.78, 5) is 2.56. The van der Waals surface area contributed by atoms with E-state index in [0.29, 0.717) is 18.1 Å². The van der Waals surface area contributed by atoms with Crippen molar-refractivity contribution in [1.29, 1.82) is 0 Å². The summed E-state index contributed by atoms with van der Waals surface area (Å²) in [5.41, 5.74) is 6.49. The van der Waals surface area contributed by atoms with E-state index in [9.17, 15) is 5.11 Å². The Morgan fingerprint density at radius 1 is 1.00 bits per heavy atom. The molecule has 1 saturated carbocycles. The van der Waals surface area contributed by atoms with Gasteiger partial charge in [0.05, 0.1) is 6.61 Å². The van der Waals surface area contributed by atoms with Crippen LogP contribution in [0.5, 0.6) is 0 Å². The highest BCUT2D eigenvalue weighted by Gasteiger charge is 2.34. The van der Waals surface area contributed by atoms with Gasteiger partial charge in [0.2, 0.25) is 0 Å². The van der Waals surface area contributed by atoms with Crippen LogP contribution in [0.1, 0.15) is 64.2 Å². The Kier molecular flexibility index (Phi) is 6.11. The van der Waals surface area contributed by atoms with Crippen LogP contribution >= 0.6 is 0 Å². The average molecular weight is 268 g/mol. The van der Waals surface area contributed by atoms with Crippen LogP contribution in [0, 0.1) is 5.41 Å². The fourth-order valence-electron chi connectivity index (χ4n) is 3.99. The normalized spacial score (nSPS) is 29.7. The Hall–Kier alpha value is -0.120. The highest BCUT2D eigenvalue weighted by atomic mass is 16.3. The number of nitrogens with two attached hydrogens (primary N) is 1. The number of likely N-dealkylation sites (tertiary alicyclic amines) is 1. The van der Waals surface area contributed by atoms with Crippen LogP contribution in [0.15, 0.2) is 0 Å². The monoisotopic (exact) mass is 268 g/mol. The van der Waals surface area contributed by atoms with E-state index >= 15 is 0 Å². The minimum Gasteiger partial charge on any atom is -0.395 e. The highest BCUT2D eigenvalue weighted by Crippen LogP contribution is 2.36. The molecule has 3 heteroatoms. The molecule has 0 bridgehead atoms. The standard InChI is InChI=1S/C16H32N2O/c17-13-16(9-5-1-2-6-10-16)14-18-11-7-3-4-8-15(18)12-19/h15,19H,1-14,17H2. The van der Waals surface area contributed by atoms with Gasteiger partial charge in [-0.05, 0) is 44.2 Å². The molecule has 0 amide bonds. The average Bonchev–Trinajstić information content (AvgIpc) is 2.80. The molecule has 1 saturated heterocycles. The van der Waals surface area contributed by atoms with Crippen molar-refractivity contribution >= 4 is 0 Å². The van der Waals surface area contributed by atoms with E-state index in [2.05, 4.69) is 4.90 Å². The molecular formula is C16H32N2O. The fourth-order valence-corrected chi connectivity index (χ4v) is 3.99. The smallest absolute Gasteiger partial charge is 0.0586 e. The fraction of sp³-hybridized carbons (Fsp3) is 1.00. The van der Waals surface area contributed by atoms with Crippen LogP contribution in [-0.4, -0.2) is 42.3 Å². The number of hydrogen-bond donors (Lipinski definition) is 2. The molecule has 1 unspecified atom stereocenters. The van der Waals surface area contributed by atoms with Gasteiger partial charge in [0.15, 0.2) is 0 Å². The van der Waals surface area contributed by atoms with Gasteiger partial charge < -0.3 is 10.8 Å². The van der Waals surface area contributed by atoms with Gasteiger partial charge in [-0.15, -0.1) is 0 Å². The van der Waals surface area contributed by atoms with E-state index in [4.69, 9.17) is 5.73 Å². The molecule has 2 rings (SSSR count). The molecule has 2 aliphatic rings. The van der Waals surface area contributed by atoms with E-state index < -0.39 is 0 Å². The maximum absolute atomic E-state index is 9.66. The van der Waals surface area contributed by atoms with Crippen molar-refractivity contribution < 1.29 is 5.11 Å². The summed E-state index contributed by atoms with van der Waals surface area (Å²) in [5.74, 6) is 0. The Bertz CT molecular complexity index is 249. The SMILES string of the molecule is NCC1(CN2CCCCCC2CO)CCCCCC1. The van der Waals surface area contributed by atoms with Crippen molar-refractivity contribution in [2.75, 3.05) is 26.2 Å². The Morgan fingerprint density at radius 2 is 1.68 bits per heavy atom. The molecule has 0 spiro atoms. The van der Waals surface area contributed by atoms with Gasteiger partial charge in [-0.2, -0.15) is 0 Å². The number of aliphatic hydroxyl groups excluding tert-OH is 1. The first-order chi connectivity index (χ1) is 9.29. The van der Waals surface area contributed by atoms with Crippen LogP contribution < -0.4 is 5.73 Å². The Labute approximate surface area is 118 Å². The second kappa shape index (κ2) is 7.61. The van der Waals surface area contributed by atoms with Gasteiger partial charge in [0.25, 0.3) is 0 Å². The van der Waals surface area contributed by atoms with Gasteiger partial charge in [0, 0.05) is 12.6 Å². The summed E-state index contributed by atoms with van der Waals surface area (Å²) in [6.07, 6.45) is 13.1. The molecule has 19 heavy (non-hydrogen) atoms. The van der Waals surface area contributed by atoms with E-state index in [0.717, 1.165) is 26.1 Å². The lowest BCUT2D eigenvalue weighted by Crippen LogP contribution is -2.47. The number of nitrogens with zero attached hydrogens (tertiary/aromatic N) is 1. The zero-order chi connectivity index (χ0) is 13.6. The Balaban J connectivity index is 2.01. The van der Waals surface area contributed by atoms with Gasteiger partial charge in [-0.1, -0.05) is 38.5 Å². The van der Waals surface area contributed by atoms with Gasteiger partial charge in [0.1, 0.15) is 0 Å². The first kappa shape index (κ1) is 15.3. The first-order valence-corrected chi connectivity index (χ1v) is 8.35. The molecule has 0 aromatic heterocycles. The summed E-state index contributed by atoms with van der Waals surface area (Å²) < 4.78 is 0. The van der Waals surface area contributed by atoms with E-state index in [1.807, 2.05) is 0 Å². The van der Waals surface area contributed by atoms with Crippen molar-refractivity contribution in [3.8, 4) is 0 Å². The highest BCUT2D eigenvalue weighted by molar-refractivity contribution is 4.88. The molecule has 1 aliphatic carbocycles. The predicted octanol–water partition coefficient (Wildman–Crippen LogP) is 2.52. The topological polar surface area (TPSA) is 49.5 Å².